The number of thioether (sulfide) groups is 1. The summed E-state index contributed by atoms with van der Waals surface area (Å²) >= 11 is 1.86. The average Bonchev–Trinajstić information content (AvgIpc) is 2.99. The monoisotopic (exact) mass is 267 g/mol. The van der Waals surface area contributed by atoms with Gasteiger partial charge >= 0.3 is 5.97 Å². The lowest BCUT2D eigenvalue weighted by Crippen LogP contribution is -2.46. The Kier molecular flexibility index (Phi) is 3.09. The van der Waals surface area contributed by atoms with Crippen molar-refractivity contribution in [3.05, 3.63) is 12.2 Å². The Balaban J connectivity index is 1.79. The third-order valence-electron chi connectivity index (χ3n) is 4.35. The molecule has 1 heterocycles. The van der Waals surface area contributed by atoms with E-state index < -0.39 is 11.9 Å². The molecule has 98 valence electrons. The van der Waals surface area contributed by atoms with Gasteiger partial charge in [-0.15, -0.1) is 0 Å². The van der Waals surface area contributed by atoms with Crippen molar-refractivity contribution in [3.8, 4) is 0 Å². The van der Waals surface area contributed by atoms with Crippen molar-refractivity contribution in [1.29, 1.82) is 0 Å². The van der Waals surface area contributed by atoms with Crippen LogP contribution in [0.3, 0.4) is 0 Å². The second kappa shape index (κ2) is 4.61. The van der Waals surface area contributed by atoms with Crippen LogP contribution < -0.4 is 0 Å². The molecular weight excluding hydrogens is 250 g/mol. The maximum atomic E-state index is 12.5. The first kappa shape index (κ1) is 12.1. The molecule has 1 saturated carbocycles. The van der Waals surface area contributed by atoms with Gasteiger partial charge < -0.3 is 10.0 Å². The third kappa shape index (κ3) is 1.85. The van der Waals surface area contributed by atoms with Crippen LogP contribution in [0, 0.1) is 23.7 Å². The highest BCUT2D eigenvalue weighted by Crippen LogP contribution is 2.48. The molecule has 0 aromatic heterocycles. The topological polar surface area (TPSA) is 57.6 Å². The summed E-state index contributed by atoms with van der Waals surface area (Å²) in [5.41, 5.74) is 0. The van der Waals surface area contributed by atoms with Crippen LogP contribution in [0.15, 0.2) is 12.2 Å². The van der Waals surface area contributed by atoms with Gasteiger partial charge in [-0.3, -0.25) is 9.59 Å². The van der Waals surface area contributed by atoms with E-state index in [0.717, 1.165) is 31.0 Å². The predicted molar refractivity (Wildman–Crippen MR) is 69.3 cm³/mol. The van der Waals surface area contributed by atoms with E-state index in [0.29, 0.717) is 0 Å². The number of carbonyl (C=O) groups excluding carboxylic acids is 1. The third-order valence-corrected chi connectivity index (χ3v) is 5.29. The fourth-order valence-electron chi connectivity index (χ4n) is 3.49. The smallest absolute Gasteiger partial charge is 0.307 e. The summed E-state index contributed by atoms with van der Waals surface area (Å²) < 4.78 is 0. The molecule has 18 heavy (non-hydrogen) atoms. The molecule has 5 heteroatoms. The maximum absolute atomic E-state index is 12.5. The van der Waals surface area contributed by atoms with Crippen LogP contribution in [0.5, 0.6) is 0 Å². The summed E-state index contributed by atoms with van der Waals surface area (Å²) in [5.74, 6) is 0.609. The van der Waals surface area contributed by atoms with Crippen LogP contribution in [0.4, 0.5) is 0 Å². The standard InChI is InChI=1S/C13H17NO3S/c15-12(14-3-5-18-6-4-14)10-8-1-2-9(7-8)11(10)13(16)17/h1-2,8-11H,3-7H2,(H,16,17). The Morgan fingerprint density at radius 2 is 1.72 bits per heavy atom. The van der Waals surface area contributed by atoms with Crippen LogP contribution in [0.1, 0.15) is 6.42 Å². The number of carboxylic acids is 1. The SMILES string of the molecule is O=C(O)C1C2C=CC(C2)C1C(=O)N1CCSCC1. The average molecular weight is 267 g/mol. The summed E-state index contributed by atoms with van der Waals surface area (Å²) in [6.45, 7) is 1.54. The van der Waals surface area contributed by atoms with Gasteiger partial charge in [0.15, 0.2) is 0 Å². The van der Waals surface area contributed by atoms with Crippen LogP contribution in [-0.4, -0.2) is 46.5 Å². The van der Waals surface area contributed by atoms with Crippen LogP contribution in [0.25, 0.3) is 0 Å². The Labute approximate surface area is 110 Å². The molecule has 2 fully saturated rings. The molecule has 4 unspecified atom stereocenters. The molecule has 0 aromatic rings. The highest BCUT2D eigenvalue weighted by molar-refractivity contribution is 7.99. The van der Waals surface area contributed by atoms with Crippen molar-refractivity contribution in [2.75, 3.05) is 24.6 Å². The number of hydrogen-bond acceptors (Lipinski definition) is 3. The predicted octanol–water partition coefficient (Wildman–Crippen LogP) is 1.08. The molecule has 1 saturated heterocycles. The number of fused-ring (bicyclic) bond motifs is 2. The fraction of sp³-hybridized carbons (Fsp3) is 0.692. The zero-order valence-electron chi connectivity index (χ0n) is 10.1. The Hall–Kier alpha value is -0.970. The zero-order valence-corrected chi connectivity index (χ0v) is 10.9. The first-order chi connectivity index (χ1) is 8.68. The fourth-order valence-corrected chi connectivity index (χ4v) is 4.39. The molecule has 1 amide bonds. The largest absolute Gasteiger partial charge is 0.481 e. The van der Waals surface area contributed by atoms with Gasteiger partial charge in [0.1, 0.15) is 0 Å². The maximum Gasteiger partial charge on any atom is 0.307 e. The van der Waals surface area contributed by atoms with Gasteiger partial charge in [-0.1, -0.05) is 12.2 Å². The summed E-state index contributed by atoms with van der Waals surface area (Å²) in [5, 5.41) is 9.34. The Morgan fingerprint density at radius 3 is 2.33 bits per heavy atom. The molecule has 4 atom stereocenters. The number of nitrogens with zero attached hydrogens (tertiary/aromatic N) is 1. The molecule has 3 rings (SSSR count). The van der Waals surface area contributed by atoms with E-state index in [-0.39, 0.29) is 23.7 Å². The lowest BCUT2D eigenvalue weighted by molar-refractivity contribution is -0.150. The number of amides is 1. The lowest BCUT2D eigenvalue weighted by atomic mass is 9.82. The van der Waals surface area contributed by atoms with E-state index in [1.54, 1.807) is 0 Å². The van der Waals surface area contributed by atoms with E-state index >= 15 is 0 Å². The first-order valence-corrected chi connectivity index (χ1v) is 7.61. The molecule has 2 aliphatic carbocycles. The van der Waals surface area contributed by atoms with Gasteiger partial charge in [-0.05, 0) is 18.3 Å². The van der Waals surface area contributed by atoms with Gasteiger partial charge in [-0.25, -0.2) is 0 Å². The van der Waals surface area contributed by atoms with Gasteiger partial charge in [-0.2, -0.15) is 11.8 Å². The van der Waals surface area contributed by atoms with Gasteiger partial charge in [0, 0.05) is 24.6 Å². The molecule has 4 nitrogen and oxygen atoms in total. The quantitative estimate of drug-likeness (QED) is 0.761. The second-order valence-corrected chi connectivity index (χ2v) is 6.50. The van der Waals surface area contributed by atoms with Crippen molar-refractivity contribution in [2.45, 2.75) is 6.42 Å². The van der Waals surface area contributed by atoms with E-state index in [2.05, 4.69) is 0 Å². The Bertz CT molecular complexity index is 403. The van der Waals surface area contributed by atoms with Crippen molar-refractivity contribution >= 4 is 23.6 Å². The molecule has 0 radical (unpaired) electrons. The number of allylic oxidation sites excluding steroid dienone is 2. The number of hydrogen-bond donors (Lipinski definition) is 1. The molecule has 2 bridgehead atoms. The van der Waals surface area contributed by atoms with Crippen LogP contribution >= 0.6 is 11.8 Å². The van der Waals surface area contributed by atoms with Crippen molar-refractivity contribution in [1.82, 2.24) is 4.90 Å². The summed E-state index contributed by atoms with van der Waals surface area (Å²) in [6, 6.07) is 0. The van der Waals surface area contributed by atoms with Gasteiger partial charge in [0.2, 0.25) is 5.91 Å². The highest BCUT2D eigenvalue weighted by atomic mass is 32.2. The van der Waals surface area contributed by atoms with Crippen LogP contribution in [0.2, 0.25) is 0 Å². The number of carboxylic acid groups (broad SMARTS) is 1. The first-order valence-electron chi connectivity index (χ1n) is 6.46. The molecule has 0 spiro atoms. The van der Waals surface area contributed by atoms with Gasteiger partial charge in [0.25, 0.3) is 0 Å². The van der Waals surface area contributed by atoms with E-state index in [1.165, 1.54) is 0 Å². The lowest BCUT2D eigenvalue weighted by Gasteiger charge is -2.33. The molecule has 1 N–H and O–H groups in total. The van der Waals surface area contributed by atoms with E-state index in [1.807, 2.05) is 28.8 Å². The summed E-state index contributed by atoms with van der Waals surface area (Å²) in [4.78, 5) is 25.8. The highest BCUT2D eigenvalue weighted by Gasteiger charge is 2.52. The number of aliphatic carboxylic acids is 1. The van der Waals surface area contributed by atoms with Gasteiger partial charge in [0.05, 0.1) is 11.8 Å². The minimum absolute atomic E-state index is 0.0690. The van der Waals surface area contributed by atoms with E-state index in [9.17, 15) is 14.7 Å². The minimum atomic E-state index is -0.809. The molecule has 1 aliphatic heterocycles. The van der Waals surface area contributed by atoms with E-state index in [4.69, 9.17) is 0 Å². The molecule has 0 aromatic carbocycles. The van der Waals surface area contributed by atoms with Crippen molar-refractivity contribution in [2.24, 2.45) is 23.7 Å². The molecular formula is C13H17NO3S. The normalized spacial score (nSPS) is 38.1. The second-order valence-electron chi connectivity index (χ2n) is 5.28. The number of rotatable bonds is 2. The summed E-state index contributed by atoms with van der Waals surface area (Å²) in [6.07, 6.45) is 4.88. The van der Waals surface area contributed by atoms with Crippen LogP contribution in [-0.2, 0) is 9.59 Å². The summed E-state index contributed by atoms with van der Waals surface area (Å²) in [7, 11) is 0. The molecule has 3 aliphatic rings. The number of carbonyl (C=O) groups is 2. The zero-order chi connectivity index (χ0) is 12.7. The minimum Gasteiger partial charge on any atom is -0.481 e. The van der Waals surface area contributed by atoms with Crippen molar-refractivity contribution < 1.29 is 14.7 Å². The van der Waals surface area contributed by atoms with Crippen molar-refractivity contribution in [3.63, 3.8) is 0 Å². The Morgan fingerprint density at radius 1 is 1.11 bits per heavy atom.